The number of nitrogens with one attached hydrogen (secondary N) is 1. The Balaban J connectivity index is 2.15. The lowest BCUT2D eigenvalue weighted by Crippen LogP contribution is -2.48. The van der Waals surface area contributed by atoms with Crippen molar-refractivity contribution in [2.45, 2.75) is 31.6 Å². The van der Waals surface area contributed by atoms with Crippen LogP contribution < -0.4 is 5.48 Å². The van der Waals surface area contributed by atoms with Crippen molar-refractivity contribution < 1.29 is 9.94 Å². The maximum Gasteiger partial charge on any atom is 0.228 e. The van der Waals surface area contributed by atoms with Gasteiger partial charge in [-0.25, -0.2) is 4.84 Å². The van der Waals surface area contributed by atoms with E-state index in [2.05, 4.69) is 10.4 Å². The molecule has 1 saturated heterocycles. The molecule has 2 atom stereocenters. The van der Waals surface area contributed by atoms with E-state index in [1.165, 1.54) is 0 Å². The molecular weight excluding hydrogens is 168 g/mol. The fourth-order valence-corrected chi connectivity index (χ4v) is 2.13. The van der Waals surface area contributed by atoms with Gasteiger partial charge >= 0.3 is 0 Å². The third-order valence-corrected chi connectivity index (χ3v) is 2.80. The Labute approximate surface area is 78.1 Å². The zero-order valence-corrected chi connectivity index (χ0v) is 8.08. The molecule has 0 aliphatic carbocycles. The van der Waals surface area contributed by atoms with Crippen LogP contribution in [0.4, 0.5) is 0 Å². The second-order valence-corrected chi connectivity index (χ2v) is 3.92. The van der Waals surface area contributed by atoms with Crippen LogP contribution in [0.5, 0.6) is 0 Å². The summed E-state index contributed by atoms with van der Waals surface area (Å²) >= 11 is 0. The summed E-state index contributed by atoms with van der Waals surface area (Å²) in [6.45, 7) is 2.91. The Morgan fingerprint density at radius 3 is 3.00 bits per heavy atom. The van der Waals surface area contributed by atoms with Crippen molar-refractivity contribution in [3.05, 3.63) is 11.8 Å². The summed E-state index contributed by atoms with van der Waals surface area (Å²) in [4.78, 5) is 7.31. The average molecular weight is 184 g/mol. The molecular formula is C9H16N2O2. The summed E-state index contributed by atoms with van der Waals surface area (Å²) in [6.07, 6.45) is 3.86. The SMILES string of the molecule is CC1=CC(O)(C2CCCN2C)ON1. The molecule has 2 aliphatic rings. The molecule has 0 radical (unpaired) electrons. The number of hydrogen-bond acceptors (Lipinski definition) is 4. The third kappa shape index (κ3) is 1.45. The summed E-state index contributed by atoms with van der Waals surface area (Å²) in [7, 11) is 2.01. The molecule has 2 heterocycles. The van der Waals surface area contributed by atoms with Crippen LogP contribution in [0.1, 0.15) is 19.8 Å². The van der Waals surface area contributed by atoms with Crippen LogP contribution in [-0.4, -0.2) is 35.4 Å². The zero-order valence-electron chi connectivity index (χ0n) is 8.08. The molecule has 2 rings (SSSR count). The Morgan fingerprint density at radius 2 is 2.54 bits per heavy atom. The van der Waals surface area contributed by atoms with E-state index in [9.17, 15) is 5.11 Å². The minimum absolute atomic E-state index is 0.0810. The van der Waals surface area contributed by atoms with Crippen molar-refractivity contribution in [3.63, 3.8) is 0 Å². The second-order valence-electron chi connectivity index (χ2n) is 3.92. The van der Waals surface area contributed by atoms with Crippen molar-refractivity contribution in [2.24, 2.45) is 0 Å². The standard InChI is InChI=1S/C9H16N2O2/c1-7-6-9(12,13-10-7)8-4-3-5-11(8)2/h6,8,10,12H,3-5H2,1-2H3. The van der Waals surface area contributed by atoms with E-state index < -0.39 is 5.79 Å². The molecule has 0 amide bonds. The molecule has 2 aliphatic heterocycles. The fourth-order valence-electron chi connectivity index (χ4n) is 2.13. The van der Waals surface area contributed by atoms with Crippen molar-refractivity contribution in [3.8, 4) is 0 Å². The van der Waals surface area contributed by atoms with Crippen molar-refractivity contribution >= 4 is 0 Å². The van der Waals surface area contributed by atoms with Crippen LogP contribution in [-0.2, 0) is 4.84 Å². The minimum atomic E-state index is -1.13. The molecule has 0 spiro atoms. The Kier molecular flexibility index (Phi) is 2.06. The molecule has 0 aromatic carbocycles. The lowest BCUT2D eigenvalue weighted by molar-refractivity contribution is -0.212. The highest BCUT2D eigenvalue weighted by molar-refractivity contribution is 5.12. The average Bonchev–Trinajstić information content (AvgIpc) is 2.59. The fraction of sp³-hybridized carbons (Fsp3) is 0.778. The smallest absolute Gasteiger partial charge is 0.228 e. The van der Waals surface area contributed by atoms with Crippen LogP contribution >= 0.6 is 0 Å². The lowest BCUT2D eigenvalue weighted by Gasteiger charge is -2.30. The molecule has 74 valence electrons. The highest BCUT2D eigenvalue weighted by Crippen LogP contribution is 2.30. The van der Waals surface area contributed by atoms with Gasteiger partial charge in [-0.3, -0.25) is 10.4 Å². The molecule has 4 heteroatoms. The Hall–Kier alpha value is -0.580. The van der Waals surface area contributed by atoms with Gasteiger partial charge in [0.2, 0.25) is 5.79 Å². The third-order valence-electron chi connectivity index (χ3n) is 2.80. The maximum absolute atomic E-state index is 10.1. The first kappa shape index (κ1) is 8.99. The van der Waals surface area contributed by atoms with Crippen LogP contribution in [0, 0.1) is 0 Å². The molecule has 2 N–H and O–H groups in total. The minimum Gasteiger partial charge on any atom is -0.359 e. The number of likely N-dealkylation sites (N-methyl/N-ethyl adjacent to an activating group) is 1. The van der Waals surface area contributed by atoms with Gasteiger partial charge < -0.3 is 5.11 Å². The highest BCUT2D eigenvalue weighted by Gasteiger charge is 2.44. The van der Waals surface area contributed by atoms with E-state index in [0.29, 0.717) is 0 Å². The summed E-state index contributed by atoms with van der Waals surface area (Å²) in [5, 5.41) is 10.1. The van der Waals surface area contributed by atoms with Crippen molar-refractivity contribution in [1.82, 2.24) is 10.4 Å². The number of nitrogens with zero attached hydrogens (tertiary/aromatic N) is 1. The van der Waals surface area contributed by atoms with E-state index >= 15 is 0 Å². The molecule has 0 bridgehead atoms. The maximum atomic E-state index is 10.1. The van der Waals surface area contributed by atoms with Crippen LogP contribution in [0.15, 0.2) is 11.8 Å². The van der Waals surface area contributed by atoms with Gasteiger partial charge in [-0.1, -0.05) is 0 Å². The Bertz CT molecular complexity index is 242. The van der Waals surface area contributed by atoms with Gasteiger partial charge in [0.1, 0.15) is 0 Å². The van der Waals surface area contributed by atoms with Crippen LogP contribution in [0.3, 0.4) is 0 Å². The van der Waals surface area contributed by atoms with Gasteiger partial charge in [-0.05, 0) is 39.4 Å². The molecule has 0 aromatic rings. The summed E-state index contributed by atoms with van der Waals surface area (Å²) in [6, 6.07) is 0.0810. The van der Waals surface area contributed by atoms with E-state index in [-0.39, 0.29) is 6.04 Å². The zero-order chi connectivity index (χ0) is 9.47. The van der Waals surface area contributed by atoms with E-state index in [1.54, 1.807) is 6.08 Å². The topological polar surface area (TPSA) is 44.7 Å². The normalized spacial score (nSPS) is 40.5. The largest absolute Gasteiger partial charge is 0.359 e. The first-order valence-corrected chi connectivity index (χ1v) is 4.68. The van der Waals surface area contributed by atoms with E-state index in [1.807, 2.05) is 14.0 Å². The first-order valence-electron chi connectivity index (χ1n) is 4.68. The van der Waals surface area contributed by atoms with Gasteiger partial charge in [0.15, 0.2) is 0 Å². The number of aliphatic hydroxyl groups is 1. The number of hydroxylamine groups is 1. The monoisotopic (exact) mass is 184 g/mol. The number of allylic oxidation sites excluding steroid dienone is 1. The van der Waals surface area contributed by atoms with Crippen molar-refractivity contribution in [2.75, 3.05) is 13.6 Å². The highest BCUT2D eigenvalue weighted by atomic mass is 16.7. The predicted molar refractivity (Wildman–Crippen MR) is 48.6 cm³/mol. The summed E-state index contributed by atoms with van der Waals surface area (Å²) < 4.78 is 0. The second kappa shape index (κ2) is 2.97. The van der Waals surface area contributed by atoms with Gasteiger partial charge in [-0.15, -0.1) is 0 Å². The van der Waals surface area contributed by atoms with Gasteiger partial charge in [0.05, 0.1) is 6.04 Å². The number of rotatable bonds is 1. The number of hydrogen-bond donors (Lipinski definition) is 2. The van der Waals surface area contributed by atoms with Crippen molar-refractivity contribution in [1.29, 1.82) is 0 Å². The molecule has 1 fully saturated rings. The summed E-state index contributed by atoms with van der Waals surface area (Å²) in [5.74, 6) is -1.13. The van der Waals surface area contributed by atoms with Crippen LogP contribution in [0.2, 0.25) is 0 Å². The van der Waals surface area contributed by atoms with E-state index in [4.69, 9.17) is 4.84 Å². The molecule has 4 nitrogen and oxygen atoms in total. The van der Waals surface area contributed by atoms with Gasteiger partial charge in [0.25, 0.3) is 0 Å². The molecule has 13 heavy (non-hydrogen) atoms. The first-order chi connectivity index (χ1) is 6.12. The lowest BCUT2D eigenvalue weighted by atomic mass is 10.0. The molecule has 0 aromatic heterocycles. The number of likely N-dealkylation sites (tertiary alicyclic amines) is 1. The summed E-state index contributed by atoms with van der Waals surface area (Å²) in [5.41, 5.74) is 3.57. The van der Waals surface area contributed by atoms with Gasteiger partial charge in [-0.2, -0.15) is 0 Å². The van der Waals surface area contributed by atoms with Crippen LogP contribution in [0.25, 0.3) is 0 Å². The van der Waals surface area contributed by atoms with E-state index in [0.717, 1.165) is 25.1 Å². The molecule has 0 saturated carbocycles. The Morgan fingerprint density at radius 1 is 1.77 bits per heavy atom. The quantitative estimate of drug-likeness (QED) is 0.611. The van der Waals surface area contributed by atoms with Gasteiger partial charge in [0, 0.05) is 5.70 Å². The predicted octanol–water partition coefficient (Wildman–Crippen LogP) is 0.208. The molecule has 2 unspecified atom stereocenters.